The molecule has 1 aromatic heterocycles. The van der Waals surface area contributed by atoms with Crippen molar-refractivity contribution >= 4 is 22.4 Å². The van der Waals surface area contributed by atoms with Gasteiger partial charge in [-0.1, -0.05) is 61.9 Å². The number of rotatable bonds is 4. The second-order valence-corrected chi connectivity index (χ2v) is 6.87. The van der Waals surface area contributed by atoms with Crippen LogP contribution in [0.4, 0.5) is 5.13 Å². The van der Waals surface area contributed by atoms with Crippen LogP contribution in [-0.2, 0) is 10.2 Å². The molecule has 1 saturated carbocycles. The fraction of sp³-hybridized carbons (Fsp3) is 0.438. The summed E-state index contributed by atoms with van der Waals surface area (Å²) in [6, 6.07) is 10.0. The number of hydrogen-bond acceptors (Lipinski definition) is 4. The Morgan fingerprint density at radius 1 is 1.24 bits per heavy atom. The van der Waals surface area contributed by atoms with Crippen LogP contribution in [0.2, 0.25) is 0 Å². The first-order chi connectivity index (χ1) is 10.1. The summed E-state index contributed by atoms with van der Waals surface area (Å²) in [6.45, 7) is 4.15. The van der Waals surface area contributed by atoms with Crippen molar-refractivity contribution in [2.75, 3.05) is 5.32 Å². The first kappa shape index (κ1) is 14.2. The molecule has 1 aromatic carbocycles. The molecule has 1 aliphatic carbocycles. The lowest BCUT2D eigenvalue weighted by Gasteiger charge is -2.40. The van der Waals surface area contributed by atoms with E-state index in [0.717, 1.165) is 29.8 Å². The van der Waals surface area contributed by atoms with Gasteiger partial charge < -0.3 is 0 Å². The summed E-state index contributed by atoms with van der Waals surface area (Å²) in [5.41, 5.74) is 0.715. The highest BCUT2D eigenvalue weighted by molar-refractivity contribution is 7.15. The van der Waals surface area contributed by atoms with E-state index in [1.54, 1.807) is 0 Å². The van der Waals surface area contributed by atoms with Gasteiger partial charge in [-0.15, -0.1) is 10.2 Å². The van der Waals surface area contributed by atoms with E-state index in [1.807, 2.05) is 30.3 Å². The summed E-state index contributed by atoms with van der Waals surface area (Å²) < 4.78 is 0. The molecule has 1 aliphatic rings. The average Bonchev–Trinajstić information content (AvgIpc) is 2.87. The Labute approximate surface area is 128 Å². The van der Waals surface area contributed by atoms with Crippen LogP contribution in [0.5, 0.6) is 0 Å². The number of aromatic nitrogens is 2. The van der Waals surface area contributed by atoms with Gasteiger partial charge in [0.15, 0.2) is 0 Å². The van der Waals surface area contributed by atoms with Crippen molar-refractivity contribution in [1.29, 1.82) is 0 Å². The molecule has 21 heavy (non-hydrogen) atoms. The van der Waals surface area contributed by atoms with Crippen molar-refractivity contribution in [2.45, 2.75) is 44.4 Å². The number of carbonyl (C=O) groups is 1. The van der Waals surface area contributed by atoms with Crippen molar-refractivity contribution in [1.82, 2.24) is 10.2 Å². The number of benzene rings is 1. The molecule has 1 heterocycles. The molecule has 4 nitrogen and oxygen atoms in total. The maximum Gasteiger partial charge on any atom is 0.236 e. The van der Waals surface area contributed by atoms with E-state index < -0.39 is 0 Å². The lowest BCUT2D eigenvalue weighted by atomic mass is 9.64. The Kier molecular flexibility index (Phi) is 3.76. The molecule has 0 atom stereocenters. The Bertz CT molecular complexity index is 632. The van der Waals surface area contributed by atoms with Crippen LogP contribution in [0.3, 0.4) is 0 Å². The van der Waals surface area contributed by atoms with Crippen LogP contribution in [0.15, 0.2) is 30.3 Å². The van der Waals surface area contributed by atoms with Gasteiger partial charge in [0.2, 0.25) is 11.0 Å². The van der Waals surface area contributed by atoms with Crippen molar-refractivity contribution in [3.8, 4) is 0 Å². The summed E-state index contributed by atoms with van der Waals surface area (Å²) >= 11 is 1.46. The molecule has 0 spiro atoms. The smallest absolute Gasteiger partial charge is 0.236 e. The predicted octanol–water partition coefficient (Wildman–Crippen LogP) is 3.72. The number of nitrogens with one attached hydrogen (secondary N) is 1. The van der Waals surface area contributed by atoms with Crippen molar-refractivity contribution in [3.05, 3.63) is 40.9 Å². The normalized spacial score (nSPS) is 16.5. The first-order valence-corrected chi connectivity index (χ1v) is 8.14. The number of amides is 1. The molecular weight excluding hydrogens is 282 g/mol. The van der Waals surface area contributed by atoms with E-state index in [1.165, 1.54) is 11.3 Å². The number of hydrogen-bond donors (Lipinski definition) is 1. The minimum atomic E-state index is -0.384. The SMILES string of the molecule is CC(C)c1nnc(NC(=O)C2(c3ccccc3)CCC2)s1. The zero-order valence-corrected chi connectivity index (χ0v) is 13.1. The highest BCUT2D eigenvalue weighted by atomic mass is 32.1. The van der Waals surface area contributed by atoms with Gasteiger partial charge in [0.25, 0.3) is 0 Å². The summed E-state index contributed by atoms with van der Waals surface area (Å²) in [5.74, 6) is 0.381. The minimum absolute atomic E-state index is 0.0476. The fourth-order valence-corrected chi connectivity index (χ4v) is 3.41. The first-order valence-electron chi connectivity index (χ1n) is 7.32. The van der Waals surface area contributed by atoms with Gasteiger partial charge in [-0.3, -0.25) is 10.1 Å². The van der Waals surface area contributed by atoms with Crippen molar-refractivity contribution in [2.24, 2.45) is 0 Å². The molecule has 0 unspecified atom stereocenters. The molecule has 5 heteroatoms. The quantitative estimate of drug-likeness (QED) is 0.936. The maximum atomic E-state index is 12.7. The van der Waals surface area contributed by atoms with E-state index in [4.69, 9.17) is 0 Å². The lowest BCUT2D eigenvalue weighted by Crippen LogP contribution is -2.45. The number of anilines is 1. The summed E-state index contributed by atoms with van der Waals surface area (Å²) in [5, 5.41) is 12.7. The Hall–Kier alpha value is -1.75. The van der Waals surface area contributed by atoms with Crippen LogP contribution < -0.4 is 5.32 Å². The zero-order valence-electron chi connectivity index (χ0n) is 12.3. The molecule has 2 aromatic rings. The van der Waals surface area contributed by atoms with Crippen LogP contribution in [0.1, 0.15) is 49.6 Å². The molecular formula is C16H19N3OS. The minimum Gasteiger partial charge on any atom is -0.300 e. The molecule has 110 valence electrons. The van der Waals surface area contributed by atoms with Crippen molar-refractivity contribution in [3.63, 3.8) is 0 Å². The molecule has 3 rings (SSSR count). The van der Waals surface area contributed by atoms with Crippen LogP contribution in [0.25, 0.3) is 0 Å². The van der Waals surface area contributed by atoms with Crippen molar-refractivity contribution < 1.29 is 4.79 Å². The average molecular weight is 301 g/mol. The third-order valence-electron chi connectivity index (χ3n) is 4.12. The van der Waals surface area contributed by atoms with E-state index in [0.29, 0.717) is 11.0 Å². The predicted molar refractivity (Wildman–Crippen MR) is 84.6 cm³/mol. The Morgan fingerprint density at radius 3 is 2.48 bits per heavy atom. The highest BCUT2D eigenvalue weighted by Crippen LogP contribution is 2.44. The molecule has 0 aliphatic heterocycles. The van der Waals surface area contributed by atoms with Crippen LogP contribution >= 0.6 is 11.3 Å². The standard InChI is InChI=1S/C16H19N3OS/c1-11(2)13-18-19-15(21-13)17-14(20)16(9-6-10-16)12-7-4-3-5-8-12/h3-5,7-8,11H,6,9-10H2,1-2H3,(H,17,19,20). The van der Waals surface area contributed by atoms with Gasteiger partial charge in [0.05, 0.1) is 5.41 Å². The maximum absolute atomic E-state index is 12.7. The molecule has 0 saturated heterocycles. The summed E-state index contributed by atoms with van der Waals surface area (Å²) in [6.07, 6.45) is 2.90. The molecule has 1 amide bonds. The third kappa shape index (κ3) is 2.58. The number of nitrogens with zero attached hydrogens (tertiary/aromatic N) is 2. The largest absolute Gasteiger partial charge is 0.300 e. The third-order valence-corrected chi connectivity index (χ3v) is 5.26. The monoisotopic (exact) mass is 301 g/mol. The van der Waals surface area contributed by atoms with Crippen LogP contribution in [0, 0.1) is 0 Å². The highest BCUT2D eigenvalue weighted by Gasteiger charge is 2.45. The topological polar surface area (TPSA) is 54.9 Å². The second-order valence-electron chi connectivity index (χ2n) is 5.86. The van der Waals surface area contributed by atoms with Gasteiger partial charge in [0.1, 0.15) is 5.01 Å². The Morgan fingerprint density at radius 2 is 1.95 bits per heavy atom. The number of carbonyl (C=O) groups excluding carboxylic acids is 1. The van der Waals surface area contributed by atoms with E-state index in [2.05, 4.69) is 29.4 Å². The Balaban J connectivity index is 1.80. The van der Waals surface area contributed by atoms with E-state index >= 15 is 0 Å². The molecule has 1 N–H and O–H groups in total. The van der Waals surface area contributed by atoms with E-state index in [-0.39, 0.29) is 11.3 Å². The molecule has 0 bridgehead atoms. The summed E-state index contributed by atoms with van der Waals surface area (Å²) in [7, 11) is 0. The summed E-state index contributed by atoms with van der Waals surface area (Å²) in [4.78, 5) is 12.7. The van der Waals surface area contributed by atoms with Gasteiger partial charge in [-0.2, -0.15) is 0 Å². The molecule has 1 fully saturated rings. The molecule has 0 radical (unpaired) electrons. The van der Waals surface area contributed by atoms with Gasteiger partial charge >= 0.3 is 0 Å². The zero-order chi connectivity index (χ0) is 14.9. The van der Waals surface area contributed by atoms with Gasteiger partial charge in [0, 0.05) is 5.92 Å². The van der Waals surface area contributed by atoms with Gasteiger partial charge in [-0.25, -0.2) is 0 Å². The van der Waals surface area contributed by atoms with E-state index in [9.17, 15) is 4.79 Å². The second kappa shape index (κ2) is 5.56. The van der Waals surface area contributed by atoms with Crippen LogP contribution in [-0.4, -0.2) is 16.1 Å². The van der Waals surface area contributed by atoms with Gasteiger partial charge in [-0.05, 0) is 18.4 Å². The lowest BCUT2D eigenvalue weighted by molar-refractivity contribution is -0.124. The fourth-order valence-electron chi connectivity index (χ4n) is 2.67.